The van der Waals surface area contributed by atoms with Crippen LogP contribution in [0, 0.1) is 0 Å². The minimum atomic E-state index is -0.262. The van der Waals surface area contributed by atoms with E-state index in [1.807, 2.05) is 0 Å². The quantitative estimate of drug-likeness (QED) is 0.739. The highest BCUT2D eigenvalue weighted by Crippen LogP contribution is 2.24. The maximum atomic E-state index is 12.5. The lowest BCUT2D eigenvalue weighted by atomic mass is 9.96. The zero-order valence-electron chi connectivity index (χ0n) is 10.3. The van der Waals surface area contributed by atoms with Crippen molar-refractivity contribution in [3.05, 3.63) is 32.7 Å². The van der Waals surface area contributed by atoms with E-state index in [1.165, 1.54) is 0 Å². The molecule has 6 heteroatoms. The third-order valence-corrected chi connectivity index (χ3v) is 4.15. The monoisotopic (exact) mass is 323 g/mol. The van der Waals surface area contributed by atoms with Crippen molar-refractivity contribution in [1.29, 1.82) is 0 Å². The van der Waals surface area contributed by atoms with Gasteiger partial charge in [-0.3, -0.25) is 4.79 Å². The third kappa shape index (κ3) is 2.37. The maximum Gasteiger partial charge on any atom is 0.323 e. The average molecular weight is 324 g/mol. The molecule has 0 bridgehead atoms. The molecule has 3 N–H and O–H groups in total. The Labute approximate surface area is 117 Å². The normalized spacial score (nSPS) is 19.7. The lowest BCUT2D eigenvalue weighted by Crippen LogP contribution is -2.40. The number of aromatic nitrogens is 2. The third-order valence-electron chi connectivity index (χ3n) is 3.50. The lowest BCUT2D eigenvalue weighted by Gasteiger charge is -2.22. The van der Waals surface area contributed by atoms with E-state index in [0.29, 0.717) is 21.1 Å². The number of H-pyrrole nitrogens is 2. The second kappa shape index (κ2) is 4.94. The van der Waals surface area contributed by atoms with Gasteiger partial charge in [0.1, 0.15) is 0 Å². The van der Waals surface area contributed by atoms with Crippen molar-refractivity contribution in [3.8, 4) is 0 Å². The fourth-order valence-electron chi connectivity index (χ4n) is 2.51. The molecule has 1 aliphatic heterocycles. The first-order valence-electron chi connectivity index (χ1n) is 6.34. The number of hydrogen-bond acceptors (Lipinski definition) is 3. The number of hydrogen-bond donors (Lipinski definition) is 3. The second-order valence-corrected chi connectivity index (χ2v) is 5.68. The summed E-state index contributed by atoms with van der Waals surface area (Å²) in [6, 6.07) is 3.38. The predicted molar refractivity (Wildman–Crippen MR) is 76.6 cm³/mol. The lowest BCUT2D eigenvalue weighted by molar-refractivity contribution is 0.0926. The fraction of sp³-hybridized carbons (Fsp3) is 0.385. The van der Waals surface area contributed by atoms with Gasteiger partial charge in [0.25, 0.3) is 0 Å². The summed E-state index contributed by atoms with van der Waals surface area (Å²) in [6.45, 7) is 0.886. The van der Waals surface area contributed by atoms with E-state index in [2.05, 4.69) is 31.2 Å². The van der Waals surface area contributed by atoms with Gasteiger partial charge >= 0.3 is 5.69 Å². The molecule has 100 valence electrons. The Morgan fingerprint density at radius 1 is 1.21 bits per heavy atom. The van der Waals surface area contributed by atoms with Gasteiger partial charge in [0.2, 0.25) is 0 Å². The van der Waals surface area contributed by atoms with Crippen molar-refractivity contribution in [1.82, 2.24) is 15.3 Å². The Hall–Kier alpha value is -1.40. The maximum absolute atomic E-state index is 12.5. The molecule has 1 aromatic carbocycles. The molecule has 1 atom stereocenters. The van der Waals surface area contributed by atoms with Crippen LogP contribution in [0.5, 0.6) is 0 Å². The molecule has 1 aliphatic rings. The zero-order valence-corrected chi connectivity index (χ0v) is 11.8. The van der Waals surface area contributed by atoms with Crippen LogP contribution >= 0.6 is 15.9 Å². The van der Waals surface area contributed by atoms with E-state index < -0.39 is 0 Å². The molecule has 5 nitrogen and oxygen atoms in total. The average Bonchev–Trinajstić information content (AvgIpc) is 2.77. The smallest absolute Gasteiger partial charge is 0.307 e. The molecule has 0 aliphatic carbocycles. The number of benzene rings is 1. The van der Waals surface area contributed by atoms with Gasteiger partial charge in [-0.05, 0) is 47.4 Å². The number of imidazole rings is 1. The molecular formula is C13H14BrN3O2. The predicted octanol–water partition coefficient (Wildman–Crippen LogP) is 1.94. The Balaban J connectivity index is 2.01. The van der Waals surface area contributed by atoms with Gasteiger partial charge in [-0.15, -0.1) is 0 Å². The number of Topliss-reactive ketones (excluding diaryl/α,β-unsaturated/α-hetero) is 1. The van der Waals surface area contributed by atoms with Gasteiger partial charge in [0.15, 0.2) is 5.78 Å². The molecule has 1 unspecified atom stereocenters. The van der Waals surface area contributed by atoms with E-state index in [1.54, 1.807) is 12.1 Å². The van der Waals surface area contributed by atoms with E-state index in [-0.39, 0.29) is 17.5 Å². The van der Waals surface area contributed by atoms with Crippen molar-refractivity contribution in [3.63, 3.8) is 0 Å². The number of nitrogens with one attached hydrogen (secondary N) is 3. The first kappa shape index (κ1) is 12.6. The summed E-state index contributed by atoms with van der Waals surface area (Å²) < 4.78 is 0.715. The van der Waals surface area contributed by atoms with Crippen LogP contribution in [-0.2, 0) is 0 Å². The van der Waals surface area contributed by atoms with Gasteiger partial charge in [-0.25, -0.2) is 4.79 Å². The number of carbonyl (C=O) groups excluding carboxylic acids is 1. The standard InChI is InChI=1S/C13H14BrN3O2/c14-8-6-11-10(16-13(19)17-11)5-7(8)12(18)9-3-1-2-4-15-9/h5-6,9,15H,1-4H2,(H2,16,17,19). The Bertz CT molecular complexity index is 683. The summed E-state index contributed by atoms with van der Waals surface area (Å²) in [5.41, 5.74) is 1.71. The number of carbonyl (C=O) groups is 1. The molecule has 0 spiro atoms. The first-order chi connectivity index (χ1) is 9.15. The van der Waals surface area contributed by atoms with Crippen LogP contribution in [0.15, 0.2) is 21.4 Å². The van der Waals surface area contributed by atoms with Gasteiger partial charge in [0, 0.05) is 10.0 Å². The topological polar surface area (TPSA) is 77.8 Å². The summed E-state index contributed by atoms with van der Waals surface area (Å²) in [6.07, 6.45) is 3.06. The van der Waals surface area contributed by atoms with E-state index in [9.17, 15) is 9.59 Å². The van der Waals surface area contributed by atoms with Crippen LogP contribution in [0.1, 0.15) is 29.6 Å². The van der Waals surface area contributed by atoms with Crippen LogP contribution < -0.4 is 11.0 Å². The van der Waals surface area contributed by atoms with E-state index in [4.69, 9.17) is 0 Å². The molecule has 0 saturated carbocycles. The SMILES string of the molecule is O=C(c1cc2[nH]c(=O)[nH]c2cc1Br)C1CCCCN1. The zero-order chi connectivity index (χ0) is 13.4. The largest absolute Gasteiger partial charge is 0.323 e. The number of aromatic amines is 2. The molecular weight excluding hydrogens is 310 g/mol. The number of halogens is 1. The van der Waals surface area contributed by atoms with Gasteiger partial charge in [0.05, 0.1) is 17.1 Å². The Morgan fingerprint density at radius 2 is 1.95 bits per heavy atom. The van der Waals surface area contributed by atoms with Gasteiger partial charge in [-0.2, -0.15) is 0 Å². The second-order valence-electron chi connectivity index (χ2n) is 4.82. The van der Waals surface area contributed by atoms with E-state index >= 15 is 0 Å². The van der Waals surface area contributed by atoms with Crippen molar-refractivity contribution in [2.45, 2.75) is 25.3 Å². The highest BCUT2D eigenvalue weighted by Gasteiger charge is 2.24. The highest BCUT2D eigenvalue weighted by atomic mass is 79.9. The van der Waals surface area contributed by atoms with Crippen molar-refractivity contribution >= 4 is 32.7 Å². The summed E-state index contributed by atoms with van der Waals surface area (Å²) in [5, 5.41) is 3.25. The van der Waals surface area contributed by atoms with Crippen LogP contribution in [-0.4, -0.2) is 28.3 Å². The summed E-state index contributed by atoms with van der Waals surface area (Å²) in [5.74, 6) is 0.0792. The highest BCUT2D eigenvalue weighted by molar-refractivity contribution is 9.10. The number of ketones is 1. The van der Waals surface area contributed by atoms with Crippen LogP contribution in [0.2, 0.25) is 0 Å². The van der Waals surface area contributed by atoms with Crippen LogP contribution in [0.25, 0.3) is 11.0 Å². The summed E-state index contributed by atoms with van der Waals surface area (Å²) in [7, 11) is 0. The minimum Gasteiger partial charge on any atom is -0.307 e. The number of piperidine rings is 1. The number of rotatable bonds is 2. The van der Waals surface area contributed by atoms with E-state index in [0.717, 1.165) is 25.8 Å². The van der Waals surface area contributed by atoms with Crippen molar-refractivity contribution in [2.75, 3.05) is 6.54 Å². The molecule has 1 aromatic heterocycles. The van der Waals surface area contributed by atoms with Gasteiger partial charge in [-0.1, -0.05) is 6.42 Å². The number of fused-ring (bicyclic) bond motifs is 1. The molecule has 0 amide bonds. The van der Waals surface area contributed by atoms with Gasteiger partial charge < -0.3 is 15.3 Å². The van der Waals surface area contributed by atoms with Crippen molar-refractivity contribution < 1.29 is 4.79 Å². The molecule has 1 saturated heterocycles. The first-order valence-corrected chi connectivity index (χ1v) is 7.13. The molecule has 2 aromatic rings. The Morgan fingerprint density at radius 3 is 2.63 bits per heavy atom. The molecule has 19 heavy (non-hydrogen) atoms. The molecule has 0 radical (unpaired) electrons. The molecule has 2 heterocycles. The van der Waals surface area contributed by atoms with Crippen LogP contribution in [0.4, 0.5) is 0 Å². The van der Waals surface area contributed by atoms with Crippen molar-refractivity contribution in [2.24, 2.45) is 0 Å². The molecule has 3 rings (SSSR count). The Kier molecular flexibility index (Phi) is 3.28. The minimum absolute atomic E-state index is 0.0792. The fourth-order valence-corrected chi connectivity index (χ4v) is 3.05. The summed E-state index contributed by atoms with van der Waals surface area (Å²) >= 11 is 3.41. The molecule has 1 fully saturated rings. The van der Waals surface area contributed by atoms with Crippen LogP contribution in [0.3, 0.4) is 0 Å². The summed E-state index contributed by atoms with van der Waals surface area (Å²) in [4.78, 5) is 29.1.